The lowest BCUT2D eigenvalue weighted by molar-refractivity contribution is -0.470. The Kier molecular flexibility index (Phi) is 10.6. The van der Waals surface area contributed by atoms with Crippen LogP contribution in [0.2, 0.25) is 0 Å². The molecule has 0 saturated heterocycles. The molecular weight excluding hydrogens is 687 g/mol. The molecule has 0 fully saturated rings. The second kappa shape index (κ2) is 10.9. The Bertz CT molecular complexity index is 890. The summed E-state index contributed by atoms with van der Waals surface area (Å²) in [7, 11) is 0. The minimum Gasteiger partial charge on any atom is -0.243 e. The molecule has 0 aliphatic carbocycles. The van der Waals surface area contributed by atoms with E-state index in [0.29, 0.717) is 0 Å². The predicted molar refractivity (Wildman–Crippen MR) is 84.0 cm³/mol. The van der Waals surface area contributed by atoms with Gasteiger partial charge in [-0.05, 0) is 0 Å². The van der Waals surface area contributed by atoms with Crippen molar-refractivity contribution >= 4 is 12.6 Å². The van der Waals surface area contributed by atoms with E-state index in [4.69, 9.17) is 0 Å². The van der Waals surface area contributed by atoms with Crippen LogP contribution >= 0.6 is 12.6 Å². The van der Waals surface area contributed by atoms with E-state index in [-0.39, 0.29) is 0 Å². The number of rotatable bonds is 13. The normalized spacial score (nSPS) is 19.7. The van der Waals surface area contributed by atoms with Crippen molar-refractivity contribution in [2.75, 3.05) is 0 Å². The van der Waals surface area contributed by atoms with Gasteiger partial charge in [0.25, 0.3) is 6.43 Å². The summed E-state index contributed by atoms with van der Waals surface area (Å²) in [6.07, 6.45) is -32.7. The number of hydrogen-bond acceptors (Lipinski definition) is 1. The maximum atomic E-state index is 13.7. The molecule has 0 aromatic heterocycles. The summed E-state index contributed by atoms with van der Waals surface area (Å²) in [5.74, 6) is -71.6. The lowest BCUT2D eigenvalue weighted by atomic mass is 9.85. The van der Waals surface area contributed by atoms with Gasteiger partial charge in [0.2, 0.25) is 6.17 Å². The van der Waals surface area contributed by atoms with Gasteiger partial charge in [0.1, 0.15) is 6.17 Å². The standard InChI is InChI=1S/C15H7F25S/c16-1(4(41)3(18)6(20)21)2(17)5(19)7(22,23)8(24,25)9(26,27)10(28,29)11(30,31)12(32,33)13(34,35)14(36,37)15(38,39)40/h1-6,41H. The van der Waals surface area contributed by atoms with Gasteiger partial charge < -0.3 is 0 Å². The van der Waals surface area contributed by atoms with E-state index in [0.717, 1.165) is 0 Å². The van der Waals surface area contributed by atoms with E-state index in [1.165, 1.54) is 0 Å². The highest BCUT2D eigenvalue weighted by molar-refractivity contribution is 7.81. The summed E-state index contributed by atoms with van der Waals surface area (Å²) in [5.41, 5.74) is 0. The van der Waals surface area contributed by atoms with Crippen molar-refractivity contribution in [2.45, 2.75) is 89.9 Å². The van der Waals surface area contributed by atoms with Crippen molar-refractivity contribution in [3.63, 3.8) is 0 Å². The third-order valence-corrected chi connectivity index (χ3v) is 5.53. The van der Waals surface area contributed by atoms with Crippen molar-refractivity contribution in [3.8, 4) is 0 Å². The predicted octanol–water partition coefficient (Wildman–Crippen LogP) is 8.55. The Labute approximate surface area is 213 Å². The number of halogens is 25. The summed E-state index contributed by atoms with van der Waals surface area (Å²) in [5, 5.41) is -3.66. The van der Waals surface area contributed by atoms with E-state index in [1.54, 1.807) is 0 Å². The van der Waals surface area contributed by atoms with Gasteiger partial charge in [-0.3, -0.25) is 0 Å². The van der Waals surface area contributed by atoms with Crippen LogP contribution in [0.1, 0.15) is 0 Å². The van der Waals surface area contributed by atoms with Crippen LogP contribution < -0.4 is 0 Å². The molecule has 248 valence electrons. The van der Waals surface area contributed by atoms with Gasteiger partial charge >= 0.3 is 53.6 Å². The monoisotopic (exact) mass is 694 g/mol. The molecule has 5 atom stereocenters. The second-order valence-corrected chi connectivity index (χ2v) is 8.30. The SMILES string of the molecule is FC(F)C(F)C(S)C(F)C(F)C(F)C(F)(F)C(F)(F)C(F)(F)C(F)(F)C(F)(F)C(F)(F)C(F)(F)C(F)(F)C(F)(F)F. The summed E-state index contributed by atoms with van der Waals surface area (Å²) in [6.45, 7) is 0. The minimum atomic E-state index is -9.33. The van der Waals surface area contributed by atoms with Crippen molar-refractivity contribution in [3.05, 3.63) is 0 Å². The largest absolute Gasteiger partial charge is 0.460 e. The van der Waals surface area contributed by atoms with Crippen LogP contribution in [0.3, 0.4) is 0 Å². The Balaban J connectivity index is 6.88. The van der Waals surface area contributed by atoms with Gasteiger partial charge in [0.15, 0.2) is 12.3 Å². The molecule has 5 unspecified atom stereocenters. The first-order chi connectivity index (χ1) is 17.5. The average molecular weight is 694 g/mol. The molecule has 0 bridgehead atoms. The number of hydrogen-bond donors (Lipinski definition) is 1. The number of thiol groups is 1. The van der Waals surface area contributed by atoms with Gasteiger partial charge in [0.05, 0.1) is 5.25 Å². The summed E-state index contributed by atoms with van der Waals surface area (Å²) in [4.78, 5) is 0. The van der Waals surface area contributed by atoms with E-state index in [1.807, 2.05) is 0 Å². The highest BCUT2D eigenvalue weighted by Crippen LogP contribution is 2.65. The van der Waals surface area contributed by atoms with Crippen LogP contribution in [-0.2, 0) is 0 Å². The summed E-state index contributed by atoms with van der Waals surface area (Å²) in [6, 6.07) is 0. The van der Waals surface area contributed by atoms with E-state index >= 15 is 0 Å². The topological polar surface area (TPSA) is 0 Å². The molecule has 0 radical (unpaired) electrons. The third-order valence-electron chi connectivity index (χ3n) is 4.96. The molecule has 0 N–H and O–H groups in total. The Morgan fingerprint density at radius 1 is 0.341 bits per heavy atom. The maximum Gasteiger partial charge on any atom is 0.460 e. The molecule has 0 aliphatic rings. The molecule has 0 rings (SSSR count). The van der Waals surface area contributed by atoms with Crippen LogP contribution in [-0.4, -0.2) is 89.9 Å². The first kappa shape index (κ1) is 39.6. The summed E-state index contributed by atoms with van der Waals surface area (Å²) < 4.78 is 328. The molecule has 0 aliphatic heterocycles. The van der Waals surface area contributed by atoms with Crippen molar-refractivity contribution < 1.29 is 110 Å². The van der Waals surface area contributed by atoms with Crippen LogP contribution in [0.5, 0.6) is 0 Å². The molecule has 0 spiro atoms. The van der Waals surface area contributed by atoms with Gasteiger partial charge in [-0.2, -0.15) is 96.0 Å². The lowest BCUT2D eigenvalue weighted by Gasteiger charge is -2.44. The van der Waals surface area contributed by atoms with Crippen LogP contribution in [0.4, 0.5) is 110 Å². The van der Waals surface area contributed by atoms with Gasteiger partial charge in [-0.25, -0.2) is 26.3 Å². The van der Waals surface area contributed by atoms with Crippen LogP contribution in [0.15, 0.2) is 0 Å². The molecular formula is C15H7F25S. The molecule has 0 amide bonds. The quantitative estimate of drug-likeness (QED) is 0.145. The van der Waals surface area contributed by atoms with Gasteiger partial charge in [0, 0.05) is 0 Å². The van der Waals surface area contributed by atoms with E-state index in [2.05, 4.69) is 12.6 Å². The van der Waals surface area contributed by atoms with Crippen molar-refractivity contribution in [1.29, 1.82) is 0 Å². The van der Waals surface area contributed by atoms with Gasteiger partial charge in [-0.15, -0.1) is 0 Å². The highest BCUT2D eigenvalue weighted by Gasteiger charge is 2.97. The highest BCUT2D eigenvalue weighted by atomic mass is 32.1. The fourth-order valence-electron chi connectivity index (χ4n) is 2.42. The third kappa shape index (κ3) is 5.54. The molecule has 0 aromatic rings. The van der Waals surface area contributed by atoms with Gasteiger partial charge in [-0.1, -0.05) is 0 Å². The molecule has 0 heterocycles. The fourth-order valence-corrected chi connectivity index (χ4v) is 2.72. The van der Waals surface area contributed by atoms with Crippen LogP contribution in [0.25, 0.3) is 0 Å². The lowest BCUT2D eigenvalue weighted by Crippen LogP contribution is -2.76. The molecule has 0 aromatic carbocycles. The fraction of sp³-hybridized carbons (Fsp3) is 1.00. The zero-order valence-corrected chi connectivity index (χ0v) is 18.8. The first-order valence-electron chi connectivity index (χ1n) is 9.11. The first-order valence-corrected chi connectivity index (χ1v) is 9.63. The molecule has 0 nitrogen and oxygen atoms in total. The maximum absolute atomic E-state index is 13.7. The zero-order chi connectivity index (χ0) is 34.0. The smallest absolute Gasteiger partial charge is 0.243 e. The average Bonchev–Trinajstić information content (AvgIpc) is 2.79. The van der Waals surface area contributed by atoms with Crippen molar-refractivity contribution in [1.82, 2.24) is 0 Å². The molecule has 41 heavy (non-hydrogen) atoms. The molecule has 0 saturated carbocycles. The Hall–Kier alpha value is -1.40. The second-order valence-electron chi connectivity index (χ2n) is 7.70. The Morgan fingerprint density at radius 2 is 0.610 bits per heavy atom. The summed E-state index contributed by atoms with van der Waals surface area (Å²) >= 11 is 2.47. The zero-order valence-electron chi connectivity index (χ0n) is 17.9. The minimum absolute atomic E-state index is 2.47. The van der Waals surface area contributed by atoms with Crippen molar-refractivity contribution in [2.24, 2.45) is 0 Å². The molecule has 26 heteroatoms. The Morgan fingerprint density at radius 3 is 0.878 bits per heavy atom. The van der Waals surface area contributed by atoms with Crippen LogP contribution in [0, 0.1) is 0 Å². The van der Waals surface area contributed by atoms with E-state index < -0.39 is 89.9 Å². The number of alkyl halides is 25. The van der Waals surface area contributed by atoms with E-state index in [9.17, 15) is 110 Å².